The van der Waals surface area contributed by atoms with Crippen LogP contribution in [0.4, 0.5) is 0 Å². The summed E-state index contributed by atoms with van der Waals surface area (Å²) >= 11 is 3.46. The van der Waals surface area contributed by atoms with Gasteiger partial charge in [0.2, 0.25) is 5.91 Å². The Morgan fingerprint density at radius 2 is 2.11 bits per heavy atom. The second-order valence-corrected chi connectivity index (χ2v) is 6.40. The van der Waals surface area contributed by atoms with E-state index >= 15 is 0 Å². The van der Waals surface area contributed by atoms with E-state index in [1.54, 1.807) is 0 Å². The normalized spacial score (nSPS) is 31.6. The summed E-state index contributed by atoms with van der Waals surface area (Å²) in [5, 5.41) is 0.808. The molecular weight excluding hydrogens is 294 g/mol. The average Bonchev–Trinajstić information content (AvgIpc) is 2.88. The lowest BCUT2D eigenvalue weighted by molar-refractivity contribution is -0.154. The highest BCUT2D eigenvalue weighted by molar-refractivity contribution is 9.09. The topological polar surface area (TPSA) is 29.5 Å². The fourth-order valence-electron chi connectivity index (χ4n) is 3.27. The second kappa shape index (κ2) is 5.91. The van der Waals surface area contributed by atoms with Crippen LogP contribution in [0.15, 0.2) is 0 Å². The molecule has 3 nitrogen and oxygen atoms in total. The van der Waals surface area contributed by atoms with Gasteiger partial charge in [-0.15, -0.1) is 0 Å². The molecule has 1 saturated heterocycles. The van der Waals surface area contributed by atoms with E-state index in [9.17, 15) is 4.79 Å². The highest BCUT2D eigenvalue weighted by atomic mass is 79.9. The third-order valence-electron chi connectivity index (χ3n) is 4.63. The van der Waals surface area contributed by atoms with E-state index in [1.807, 2.05) is 0 Å². The first-order valence-electron chi connectivity index (χ1n) is 7.11. The molecular formula is C14H24BrNO2. The predicted octanol–water partition coefficient (Wildman–Crippen LogP) is 2.97. The molecule has 2 aliphatic rings. The smallest absolute Gasteiger partial charge is 0.229 e. The monoisotopic (exact) mass is 317 g/mol. The minimum absolute atomic E-state index is 0.0670. The van der Waals surface area contributed by atoms with Crippen LogP contribution in [-0.4, -0.2) is 41.4 Å². The molecule has 1 heterocycles. The molecule has 1 amide bonds. The first kappa shape index (κ1) is 14.3. The molecule has 0 aromatic carbocycles. The van der Waals surface area contributed by atoms with Crippen molar-refractivity contribution in [1.82, 2.24) is 4.90 Å². The fourth-order valence-corrected chi connectivity index (χ4v) is 3.66. The minimum Gasteiger partial charge on any atom is -0.373 e. The number of amides is 1. The number of hydrogen-bond acceptors (Lipinski definition) is 2. The van der Waals surface area contributed by atoms with E-state index in [2.05, 4.69) is 34.7 Å². The largest absolute Gasteiger partial charge is 0.373 e. The summed E-state index contributed by atoms with van der Waals surface area (Å²) in [5.41, 5.74) is -0.0670. The molecule has 1 aliphatic carbocycles. The van der Waals surface area contributed by atoms with Crippen LogP contribution in [0.25, 0.3) is 0 Å². The maximum Gasteiger partial charge on any atom is 0.229 e. The first-order chi connectivity index (χ1) is 8.63. The molecule has 2 atom stereocenters. The van der Waals surface area contributed by atoms with Crippen molar-refractivity contribution in [2.45, 2.75) is 58.1 Å². The van der Waals surface area contributed by atoms with Crippen molar-refractivity contribution in [3.63, 3.8) is 0 Å². The van der Waals surface area contributed by atoms with E-state index in [0.717, 1.165) is 31.1 Å². The SMILES string of the molecule is CCC1(C(=O)N2CC(CBr)OCC2C)CCCC1. The van der Waals surface area contributed by atoms with E-state index in [1.165, 1.54) is 12.8 Å². The van der Waals surface area contributed by atoms with E-state index in [0.29, 0.717) is 12.5 Å². The van der Waals surface area contributed by atoms with Gasteiger partial charge < -0.3 is 9.64 Å². The van der Waals surface area contributed by atoms with Crippen LogP contribution in [-0.2, 0) is 9.53 Å². The highest BCUT2D eigenvalue weighted by Gasteiger charge is 2.44. The second-order valence-electron chi connectivity index (χ2n) is 5.76. The number of ether oxygens (including phenoxy) is 1. The Kier molecular flexibility index (Phi) is 4.70. The van der Waals surface area contributed by atoms with Gasteiger partial charge in [-0.3, -0.25) is 4.79 Å². The van der Waals surface area contributed by atoms with Crippen molar-refractivity contribution in [2.24, 2.45) is 5.41 Å². The van der Waals surface area contributed by atoms with Gasteiger partial charge in [-0.2, -0.15) is 0 Å². The molecule has 0 radical (unpaired) electrons. The van der Waals surface area contributed by atoms with Crippen molar-refractivity contribution >= 4 is 21.8 Å². The molecule has 0 aromatic heterocycles. The average molecular weight is 318 g/mol. The third kappa shape index (κ3) is 2.60. The Bertz CT molecular complexity index is 302. The van der Waals surface area contributed by atoms with Crippen molar-refractivity contribution in [1.29, 1.82) is 0 Å². The number of carbonyl (C=O) groups is 1. The number of alkyl halides is 1. The zero-order chi connectivity index (χ0) is 13.2. The molecule has 4 heteroatoms. The Balaban J connectivity index is 2.10. The van der Waals surface area contributed by atoms with E-state index in [4.69, 9.17) is 4.74 Å². The summed E-state index contributed by atoms with van der Waals surface area (Å²) < 4.78 is 5.71. The highest BCUT2D eigenvalue weighted by Crippen LogP contribution is 2.43. The van der Waals surface area contributed by atoms with Crippen molar-refractivity contribution in [2.75, 3.05) is 18.5 Å². The lowest BCUT2D eigenvalue weighted by Gasteiger charge is -2.42. The first-order valence-corrected chi connectivity index (χ1v) is 8.24. The number of morpholine rings is 1. The van der Waals surface area contributed by atoms with Gasteiger partial charge in [-0.1, -0.05) is 35.7 Å². The predicted molar refractivity (Wildman–Crippen MR) is 75.9 cm³/mol. The lowest BCUT2D eigenvalue weighted by atomic mass is 9.81. The Morgan fingerprint density at radius 3 is 2.67 bits per heavy atom. The maximum atomic E-state index is 12.9. The van der Waals surface area contributed by atoms with Gasteiger partial charge in [0.1, 0.15) is 0 Å². The summed E-state index contributed by atoms with van der Waals surface area (Å²) in [5.74, 6) is 0.379. The molecule has 104 valence electrons. The van der Waals surface area contributed by atoms with Crippen LogP contribution in [0, 0.1) is 5.41 Å². The summed E-state index contributed by atoms with van der Waals surface area (Å²) in [6.07, 6.45) is 5.70. The number of nitrogens with zero attached hydrogens (tertiary/aromatic N) is 1. The van der Waals surface area contributed by atoms with Crippen LogP contribution in [0.5, 0.6) is 0 Å². The summed E-state index contributed by atoms with van der Waals surface area (Å²) in [7, 11) is 0. The molecule has 2 fully saturated rings. The number of rotatable bonds is 3. The number of halogens is 1. The molecule has 18 heavy (non-hydrogen) atoms. The minimum atomic E-state index is -0.0670. The van der Waals surface area contributed by atoms with Crippen molar-refractivity contribution in [3.05, 3.63) is 0 Å². The van der Waals surface area contributed by atoms with Gasteiger partial charge in [0, 0.05) is 17.3 Å². The van der Waals surface area contributed by atoms with E-state index < -0.39 is 0 Å². The molecule has 2 rings (SSSR count). The molecule has 2 unspecified atom stereocenters. The zero-order valence-corrected chi connectivity index (χ0v) is 13.0. The third-order valence-corrected chi connectivity index (χ3v) is 5.35. The molecule has 0 spiro atoms. The van der Waals surface area contributed by atoms with Crippen LogP contribution in [0.2, 0.25) is 0 Å². The number of carbonyl (C=O) groups excluding carboxylic acids is 1. The standard InChI is InChI=1S/C14H24BrNO2/c1-3-14(6-4-5-7-14)13(17)16-9-12(8-15)18-10-11(16)2/h11-12H,3-10H2,1-2H3. The fraction of sp³-hybridized carbons (Fsp3) is 0.929. The summed E-state index contributed by atoms with van der Waals surface area (Å²) in [6, 6.07) is 0.219. The Morgan fingerprint density at radius 1 is 1.44 bits per heavy atom. The summed E-state index contributed by atoms with van der Waals surface area (Å²) in [6.45, 7) is 5.67. The van der Waals surface area contributed by atoms with Crippen LogP contribution < -0.4 is 0 Å². The van der Waals surface area contributed by atoms with Gasteiger partial charge >= 0.3 is 0 Å². The van der Waals surface area contributed by atoms with Crippen molar-refractivity contribution in [3.8, 4) is 0 Å². The molecule has 0 N–H and O–H groups in total. The van der Waals surface area contributed by atoms with Crippen LogP contribution in [0.3, 0.4) is 0 Å². The van der Waals surface area contributed by atoms with Crippen LogP contribution >= 0.6 is 15.9 Å². The van der Waals surface area contributed by atoms with Crippen LogP contribution in [0.1, 0.15) is 46.0 Å². The Hall–Kier alpha value is -0.0900. The maximum absolute atomic E-state index is 12.9. The molecule has 0 bridgehead atoms. The molecule has 1 aliphatic heterocycles. The quantitative estimate of drug-likeness (QED) is 0.749. The lowest BCUT2D eigenvalue weighted by Crippen LogP contribution is -2.55. The number of hydrogen-bond donors (Lipinski definition) is 0. The van der Waals surface area contributed by atoms with Gasteiger partial charge in [-0.05, 0) is 26.2 Å². The molecule has 1 saturated carbocycles. The van der Waals surface area contributed by atoms with Crippen molar-refractivity contribution < 1.29 is 9.53 Å². The molecule has 0 aromatic rings. The van der Waals surface area contributed by atoms with Gasteiger partial charge in [0.25, 0.3) is 0 Å². The van der Waals surface area contributed by atoms with E-state index in [-0.39, 0.29) is 17.6 Å². The summed E-state index contributed by atoms with van der Waals surface area (Å²) in [4.78, 5) is 15.0. The van der Waals surface area contributed by atoms with Gasteiger partial charge in [0.05, 0.1) is 18.8 Å². The zero-order valence-electron chi connectivity index (χ0n) is 11.5. The van der Waals surface area contributed by atoms with Gasteiger partial charge in [-0.25, -0.2) is 0 Å². The Labute approximate surface area is 118 Å². The van der Waals surface area contributed by atoms with Gasteiger partial charge in [0.15, 0.2) is 0 Å².